The Labute approximate surface area is 184 Å². The average molecular weight is 403 g/mol. The summed E-state index contributed by atoms with van der Waals surface area (Å²) in [6, 6.07) is 31.5. The minimum Gasteiger partial charge on any atom is -0.457 e. The molecule has 0 aliphatic heterocycles. The van der Waals surface area contributed by atoms with E-state index in [0.29, 0.717) is 0 Å². The number of hydrogen-bond donors (Lipinski definition) is 0. The van der Waals surface area contributed by atoms with E-state index in [4.69, 9.17) is 4.74 Å². The first kappa shape index (κ1) is 19.4. The van der Waals surface area contributed by atoms with Crippen LogP contribution < -0.4 is 4.74 Å². The molecular formula is C30H26O. The zero-order chi connectivity index (χ0) is 21.3. The Morgan fingerprint density at radius 3 is 2.00 bits per heavy atom. The highest BCUT2D eigenvalue weighted by molar-refractivity contribution is 5.97. The van der Waals surface area contributed by atoms with Gasteiger partial charge in [0.25, 0.3) is 0 Å². The Balaban J connectivity index is 1.76. The molecule has 0 spiro atoms. The highest BCUT2D eigenvalue weighted by Crippen LogP contribution is 2.59. The normalized spacial score (nSPS) is 18.5. The van der Waals surface area contributed by atoms with Gasteiger partial charge in [0, 0.05) is 16.6 Å². The van der Waals surface area contributed by atoms with Crippen LogP contribution in [0.5, 0.6) is 5.75 Å². The van der Waals surface area contributed by atoms with Crippen LogP contribution in [0.15, 0.2) is 126 Å². The van der Waals surface area contributed by atoms with E-state index in [1.54, 1.807) is 0 Å². The van der Waals surface area contributed by atoms with Gasteiger partial charge in [0.1, 0.15) is 11.5 Å². The topological polar surface area (TPSA) is 9.23 Å². The number of hydrogen-bond acceptors (Lipinski definition) is 1. The van der Waals surface area contributed by atoms with Crippen molar-refractivity contribution in [2.24, 2.45) is 5.41 Å². The smallest absolute Gasteiger partial charge is 0.136 e. The molecule has 31 heavy (non-hydrogen) atoms. The zero-order valence-electron chi connectivity index (χ0n) is 18.0. The Morgan fingerprint density at radius 2 is 1.39 bits per heavy atom. The van der Waals surface area contributed by atoms with Crippen molar-refractivity contribution in [3.63, 3.8) is 0 Å². The molecule has 5 rings (SSSR count). The summed E-state index contributed by atoms with van der Waals surface area (Å²) in [5.74, 6) is 1.85. The maximum Gasteiger partial charge on any atom is 0.136 e. The molecule has 0 bridgehead atoms. The lowest BCUT2D eigenvalue weighted by Crippen LogP contribution is -2.34. The van der Waals surface area contributed by atoms with Crippen LogP contribution in [-0.2, 0) is 0 Å². The monoisotopic (exact) mass is 402 g/mol. The van der Waals surface area contributed by atoms with Crippen molar-refractivity contribution in [1.29, 1.82) is 0 Å². The molecule has 2 aliphatic rings. The lowest BCUT2D eigenvalue weighted by molar-refractivity contribution is 0.373. The predicted octanol–water partition coefficient (Wildman–Crippen LogP) is 7.86. The number of benzene rings is 3. The molecule has 1 nitrogen and oxygen atoms in total. The fourth-order valence-electron chi connectivity index (χ4n) is 4.71. The molecule has 1 heteroatoms. The lowest BCUT2D eigenvalue weighted by Gasteiger charge is -2.45. The minimum absolute atomic E-state index is 0.139. The van der Waals surface area contributed by atoms with Gasteiger partial charge in [-0.05, 0) is 40.8 Å². The van der Waals surface area contributed by atoms with E-state index in [-0.39, 0.29) is 5.41 Å². The van der Waals surface area contributed by atoms with Crippen LogP contribution in [0.1, 0.15) is 31.4 Å². The largest absolute Gasteiger partial charge is 0.457 e. The fraction of sp³-hybridized carbons (Fsp3) is 0.133. The summed E-state index contributed by atoms with van der Waals surface area (Å²) in [7, 11) is 0. The first-order chi connectivity index (χ1) is 15.2. The predicted molar refractivity (Wildman–Crippen MR) is 129 cm³/mol. The van der Waals surface area contributed by atoms with Gasteiger partial charge in [0.15, 0.2) is 0 Å². The summed E-state index contributed by atoms with van der Waals surface area (Å²) in [4.78, 5) is 0. The van der Waals surface area contributed by atoms with Crippen molar-refractivity contribution in [3.05, 3.63) is 137 Å². The number of allylic oxidation sites excluding steroid dienone is 7. The maximum absolute atomic E-state index is 6.60. The molecule has 0 N–H and O–H groups in total. The molecule has 3 aromatic carbocycles. The highest BCUT2D eigenvalue weighted by Gasteiger charge is 2.47. The van der Waals surface area contributed by atoms with Crippen molar-refractivity contribution >= 4 is 11.1 Å². The van der Waals surface area contributed by atoms with Gasteiger partial charge in [-0.1, -0.05) is 111 Å². The van der Waals surface area contributed by atoms with Gasteiger partial charge in [0.05, 0.1) is 0 Å². The van der Waals surface area contributed by atoms with Crippen molar-refractivity contribution < 1.29 is 4.74 Å². The lowest BCUT2D eigenvalue weighted by atomic mass is 9.61. The van der Waals surface area contributed by atoms with E-state index < -0.39 is 0 Å². The minimum atomic E-state index is -0.139. The first-order valence-corrected chi connectivity index (χ1v) is 10.9. The van der Waals surface area contributed by atoms with Crippen molar-refractivity contribution in [1.82, 2.24) is 0 Å². The van der Waals surface area contributed by atoms with Crippen molar-refractivity contribution in [2.45, 2.75) is 20.3 Å². The van der Waals surface area contributed by atoms with Crippen LogP contribution in [0, 0.1) is 5.41 Å². The number of rotatable bonds is 5. The van der Waals surface area contributed by atoms with Crippen LogP contribution in [-0.4, -0.2) is 0 Å². The third-order valence-corrected chi connectivity index (χ3v) is 6.13. The highest BCUT2D eigenvalue weighted by atomic mass is 16.5. The van der Waals surface area contributed by atoms with E-state index in [9.17, 15) is 0 Å². The second-order valence-corrected chi connectivity index (χ2v) is 8.55. The molecule has 0 heterocycles. The van der Waals surface area contributed by atoms with E-state index >= 15 is 0 Å². The van der Waals surface area contributed by atoms with E-state index in [1.165, 1.54) is 33.4 Å². The van der Waals surface area contributed by atoms with Crippen LogP contribution >= 0.6 is 0 Å². The third-order valence-electron chi connectivity index (χ3n) is 6.13. The third kappa shape index (κ3) is 3.47. The summed E-state index contributed by atoms with van der Waals surface area (Å²) in [6.45, 7) is 4.63. The summed E-state index contributed by atoms with van der Waals surface area (Å²) in [5, 5.41) is 0. The molecule has 0 atom stereocenters. The quantitative estimate of drug-likeness (QED) is 0.422. The van der Waals surface area contributed by atoms with Gasteiger partial charge in [-0.3, -0.25) is 0 Å². The summed E-state index contributed by atoms with van der Waals surface area (Å²) in [6.07, 6.45) is 7.57. The Morgan fingerprint density at radius 1 is 0.774 bits per heavy atom. The Hall–Kier alpha value is -3.58. The summed E-state index contributed by atoms with van der Waals surface area (Å²) >= 11 is 0. The Bertz CT molecular complexity index is 1210. The Kier molecular flexibility index (Phi) is 4.95. The van der Waals surface area contributed by atoms with Crippen molar-refractivity contribution in [2.75, 3.05) is 0 Å². The summed E-state index contributed by atoms with van der Waals surface area (Å²) < 4.78 is 6.60. The van der Waals surface area contributed by atoms with E-state index in [2.05, 4.69) is 92.7 Å². The maximum atomic E-state index is 6.60. The first-order valence-electron chi connectivity index (χ1n) is 10.9. The van der Waals surface area contributed by atoms with Gasteiger partial charge in [-0.25, -0.2) is 0 Å². The molecule has 0 unspecified atom stereocenters. The average Bonchev–Trinajstić information content (AvgIpc) is 3.33. The van der Waals surface area contributed by atoms with Crippen LogP contribution in [0.3, 0.4) is 0 Å². The SMILES string of the molecule is CC1(C)C(=C(C2=CC=CC2)c2ccccc2)C(Oc2ccccc2)=C1c1ccccc1. The second kappa shape index (κ2) is 7.92. The van der Waals surface area contributed by atoms with Gasteiger partial charge in [-0.15, -0.1) is 0 Å². The standard InChI is InChI=1S/C30H26O/c1-30(2)27(24-18-8-4-9-19-24)29(31-25-20-10-5-11-21-25)28(30)26(23-16-12-13-17-23)22-14-6-3-7-15-22/h3-16,18-21H,17H2,1-2H3. The van der Waals surface area contributed by atoms with Gasteiger partial charge >= 0.3 is 0 Å². The zero-order valence-corrected chi connectivity index (χ0v) is 18.0. The van der Waals surface area contributed by atoms with Crippen LogP contribution in [0.25, 0.3) is 11.1 Å². The van der Waals surface area contributed by atoms with Gasteiger partial charge < -0.3 is 4.74 Å². The molecule has 0 radical (unpaired) electrons. The molecule has 0 saturated heterocycles. The number of para-hydroxylation sites is 1. The molecule has 3 aromatic rings. The van der Waals surface area contributed by atoms with E-state index in [0.717, 1.165) is 17.9 Å². The molecule has 0 aromatic heterocycles. The molecule has 0 amide bonds. The van der Waals surface area contributed by atoms with Gasteiger partial charge in [0.2, 0.25) is 0 Å². The summed E-state index contributed by atoms with van der Waals surface area (Å²) in [5.41, 5.74) is 7.48. The molecular weight excluding hydrogens is 376 g/mol. The number of ether oxygens (including phenoxy) is 1. The molecule has 2 aliphatic carbocycles. The van der Waals surface area contributed by atoms with Crippen LogP contribution in [0.2, 0.25) is 0 Å². The second-order valence-electron chi connectivity index (χ2n) is 8.55. The fourth-order valence-corrected chi connectivity index (χ4v) is 4.71. The van der Waals surface area contributed by atoms with Crippen molar-refractivity contribution in [3.8, 4) is 5.75 Å². The van der Waals surface area contributed by atoms with Gasteiger partial charge in [-0.2, -0.15) is 0 Å². The molecule has 0 fully saturated rings. The molecule has 152 valence electrons. The van der Waals surface area contributed by atoms with E-state index in [1.807, 2.05) is 30.3 Å². The van der Waals surface area contributed by atoms with Crippen LogP contribution in [0.4, 0.5) is 0 Å². The molecule has 0 saturated carbocycles.